The first-order valence-corrected chi connectivity index (χ1v) is 46.6. The molecule has 754 valence electrons. The van der Waals surface area contributed by atoms with Crippen LogP contribution in [0.1, 0.15) is 136 Å². The van der Waals surface area contributed by atoms with Gasteiger partial charge in [-0.25, -0.2) is 33.9 Å². The minimum absolute atomic E-state index is 0.0244. The number of fused-ring (bicyclic) bond motifs is 2. The van der Waals surface area contributed by atoms with Crippen molar-refractivity contribution in [3.63, 3.8) is 0 Å². The van der Waals surface area contributed by atoms with E-state index in [-0.39, 0.29) is 58.9 Å². The maximum atomic E-state index is 13.6. The minimum atomic E-state index is -1.48. The van der Waals surface area contributed by atoms with Crippen LogP contribution in [-0.4, -0.2) is 164 Å². The molecule has 0 aliphatic carbocycles. The molecule has 11 N–H and O–H groups in total. The Morgan fingerprint density at radius 3 is 1.18 bits per heavy atom. The van der Waals surface area contributed by atoms with Crippen molar-refractivity contribution >= 4 is 150 Å². The number of nitrogens with one attached hydrogen (secondary N) is 5. The summed E-state index contributed by atoms with van der Waals surface area (Å²) in [7, 11) is -1.48. The number of ketones is 2. The second-order valence-electron chi connectivity index (χ2n) is 37.8. The predicted octanol–water partition coefficient (Wildman–Crippen LogP) is 22.0. The number of nitrogens with two attached hydrogens (primary N) is 2. The van der Waals surface area contributed by atoms with Crippen molar-refractivity contribution in [2.75, 3.05) is 94.9 Å². The summed E-state index contributed by atoms with van der Waals surface area (Å²) in [5, 5.41) is 54.1. The van der Waals surface area contributed by atoms with Crippen molar-refractivity contribution < 1.29 is 99.2 Å². The van der Waals surface area contributed by atoms with Crippen LogP contribution in [0.3, 0.4) is 0 Å². The number of anilines is 8. The fourth-order valence-electron chi connectivity index (χ4n) is 14.1. The van der Waals surface area contributed by atoms with Gasteiger partial charge in [-0.3, -0.25) is 51.1 Å². The van der Waals surface area contributed by atoms with E-state index in [0.717, 1.165) is 93.4 Å². The van der Waals surface area contributed by atoms with E-state index in [1.807, 2.05) is 136 Å². The Kier molecular flexibility index (Phi) is 36.4. The van der Waals surface area contributed by atoms with Crippen LogP contribution in [0.4, 0.5) is 81.1 Å². The van der Waals surface area contributed by atoms with Gasteiger partial charge >= 0.3 is 37.6 Å². The number of nitrogens with zero attached hydrogens (tertiary/aromatic N) is 7. The van der Waals surface area contributed by atoms with Gasteiger partial charge in [0.15, 0.2) is 11.6 Å². The standard InChI is InChI=1S/C35H40N4O6.C25H24N4O2.C15H16N2O5.C15H18N2O3.C11H13BrN2O4.C4H5BO3/c1-34(2,3)44-32(41)37-28-13-10-25(30-8-7-19-43-30)21-26(28)22-29(40)24-9-12-27-23(20-24)11-14-31(36-27)38-15-17-39(18-16-38)33(42)45-35(4,5)6;26-21-6-3-19(24-2-1-13-31-24)15-20(21)16-23(30)18-4-7-22-17(14-18)5-8-25(28-22)29-11-9-27-10-12-29;1-15(2,3)22-14(18)16-11-7-6-10(9-12(11)17(19)20)13-5-4-8-21-13;1-15(2,3)20-14(18)17-12-7-6-10(9-11(12)16)13-5-4-8-19-13;1-11(2,3)18-10(15)13-8-5-4-7(12)6-9(8)14(16)17;6-5(7)4-2-1-3-8-4/h7-14,19-21H,15-18,22H2,1-6H3,(H,37,41);1-8,13-15,27H,9-12,16,26H2;4-9H,1-3H3,(H,16,18);4-9H,16H2,1-3H3,(H,17,18);4-6H,1-3H3,(H,13,15);1-3,6-7H. The molecule has 5 amide bonds. The quantitative estimate of drug-likeness (QED) is 0.00906. The molecule has 0 spiro atoms. The van der Waals surface area contributed by atoms with Crippen LogP contribution in [0.5, 0.6) is 0 Å². The number of aromatic nitrogens is 2. The van der Waals surface area contributed by atoms with Gasteiger partial charge in [0, 0.05) is 137 Å². The largest absolute Gasteiger partial charge is 0.526 e. The third kappa shape index (κ3) is 33.3. The van der Waals surface area contributed by atoms with Gasteiger partial charge in [-0.2, -0.15) is 0 Å². The molecule has 144 heavy (non-hydrogen) atoms. The van der Waals surface area contributed by atoms with E-state index in [9.17, 15) is 53.8 Å². The van der Waals surface area contributed by atoms with Gasteiger partial charge in [-0.15, -0.1) is 0 Å². The van der Waals surface area contributed by atoms with Crippen LogP contribution in [0.25, 0.3) is 67.1 Å². The van der Waals surface area contributed by atoms with Gasteiger partial charge in [0.05, 0.1) is 63.6 Å². The number of nitro groups is 2. The van der Waals surface area contributed by atoms with Crippen molar-refractivity contribution in [2.24, 2.45) is 0 Å². The average Bonchev–Trinajstić information content (AvgIpc) is 1.14. The van der Waals surface area contributed by atoms with Crippen molar-refractivity contribution in [2.45, 2.75) is 145 Å². The SMILES string of the molecule is CC(C)(C)OC(=O)Nc1ccc(-c2ccco2)cc1CC(=O)c1ccc2nc(N3CCN(C(=O)OC(C)(C)C)CC3)ccc2c1.CC(C)(C)OC(=O)Nc1ccc(-c2ccco2)cc1N.CC(C)(C)OC(=O)Nc1ccc(-c2ccco2)cc1[N+](=O)[O-].CC(C)(C)OC(=O)Nc1ccc(Br)cc1[N+](=O)[O-].Nc1ccc(-c2ccco2)cc1CC(=O)c1ccc2nc(N3CCNCC3)ccc2c1.OB(O)c1ccco1. The summed E-state index contributed by atoms with van der Waals surface area (Å²) in [4.78, 5) is 123. The first kappa shape index (κ1) is 108. The highest BCUT2D eigenvalue weighted by molar-refractivity contribution is 9.10. The third-order valence-electron chi connectivity index (χ3n) is 20.6. The molecule has 14 aromatic rings. The lowest BCUT2D eigenvalue weighted by Crippen LogP contribution is -2.50. The number of pyridine rings is 2. The average molecular weight is 2030 g/mol. The zero-order valence-corrected chi connectivity index (χ0v) is 84.0. The van der Waals surface area contributed by atoms with Crippen molar-refractivity contribution in [1.29, 1.82) is 0 Å². The number of ether oxygens (including phenoxy) is 5. The number of furan rings is 5. The summed E-state index contributed by atoms with van der Waals surface area (Å²) in [5.41, 5.74) is 18.3. The Morgan fingerprint density at radius 1 is 0.410 bits per heavy atom. The molecule has 0 saturated carbocycles. The molecular formula is C105H116BBrN14O23. The van der Waals surface area contributed by atoms with Gasteiger partial charge in [-0.1, -0.05) is 15.9 Å². The topological polar surface area (TPSA) is 506 Å². The van der Waals surface area contributed by atoms with Crippen LogP contribution in [0.2, 0.25) is 0 Å². The number of halogens is 1. The second kappa shape index (κ2) is 48.4. The summed E-state index contributed by atoms with van der Waals surface area (Å²) < 4.78 is 52.9. The van der Waals surface area contributed by atoms with Crippen LogP contribution >= 0.6 is 15.9 Å². The van der Waals surface area contributed by atoms with Crippen LogP contribution in [0, 0.1) is 20.2 Å². The number of benzene rings is 7. The minimum Gasteiger partial charge on any atom is -0.473 e. The molecule has 2 aliphatic heterocycles. The molecule has 16 rings (SSSR count). The second-order valence-corrected chi connectivity index (χ2v) is 38.8. The summed E-state index contributed by atoms with van der Waals surface area (Å²) in [5.74, 6) is 4.36. The molecule has 0 radical (unpaired) electrons. The normalized spacial score (nSPS) is 12.5. The highest BCUT2D eigenvalue weighted by Gasteiger charge is 2.30. The maximum Gasteiger partial charge on any atom is 0.526 e. The van der Waals surface area contributed by atoms with Crippen LogP contribution < -0.4 is 53.5 Å². The lowest BCUT2D eigenvalue weighted by Gasteiger charge is -2.36. The Hall–Kier alpha value is -16.1. The molecule has 37 nitrogen and oxygen atoms in total. The fourth-order valence-corrected chi connectivity index (χ4v) is 14.5. The predicted molar refractivity (Wildman–Crippen MR) is 555 cm³/mol. The molecule has 2 fully saturated rings. The number of piperazine rings is 2. The highest BCUT2D eigenvalue weighted by atomic mass is 79.9. The molecule has 7 aromatic heterocycles. The monoisotopic (exact) mass is 2030 g/mol. The van der Waals surface area contributed by atoms with E-state index in [1.54, 1.807) is 174 Å². The molecule has 9 heterocycles. The molecule has 7 aromatic carbocycles. The Bertz CT molecular complexity index is 6770. The van der Waals surface area contributed by atoms with Crippen molar-refractivity contribution in [3.8, 4) is 45.3 Å². The van der Waals surface area contributed by atoms with E-state index >= 15 is 0 Å². The number of amides is 5. The molecular weight excluding hydrogens is 1920 g/mol. The summed E-state index contributed by atoms with van der Waals surface area (Å²) >= 11 is 3.13. The maximum absolute atomic E-state index is 13.6. The van der Waals surface area contributed by atoms with Crippen molar-refractivity contribution in [1.82, 2.24) is 20.2 Å². The number of Topliss-reactive ketones (excluding diaryl/α,β-unsaturated/α-hetero) is 2. The summed E-state index contributed by atoms with van der Waals surface area (Å²) in [6.45, 7) is 32.9. The van der Waals surface area contributed by atoms with E-state index in [0.29, 0.717) is 87.2 Å². The highest BCUT2D eigenvalue weighted by Crippen LogP contribution is 2.36. The Morgan fingerprint density at radius 2 is 0.778 bits per heavy atom. The van der Waals surface area contributed by atoms with Crippen LogP contribution in [0.15, 0.2) is 270 Å². The zero-order chi connectivity index (χ0) is 105. The lowest BCUT2D eigenvalue weighted by atomic mass is 9.88. The van der Waals surface area contributed by atoms with Crippen molar-refractivity contribution in [3.05, 3.63) is 291 Å². The number of carbonyl (C=O) groups is 7. The zero-order valence-electron chi connectivity index (χ0n) is 82.4. The fraction of sp³-hybridized carbons (Fsp3) is 0.286. The number of hydrogen-bond donors (Lipinski definition) is 9. The van der Waals surface area contributed by atoms with Gasteiger partial charge in [0.25, 0.3) is 11.4 Å². The first-order valence-electron chi connectivity index (χ1n) is 45.8. The number of nitro benzene ring substituents is 2. The Balaban J connectivity index is 0.000000175. The molecule has 0 unspecified atom stereocenters. The van der Waals surface area contributed by atoms with Gasteiger partial charge < -0.3 is 87.3 Å². The van der Waals surface area contributed by atoms with E-state index in [1.165, 1.54) is 42.9 Å². The van der Waals surface area contributed by atoms with E-state index < -0.39 is 69.3 Å². The summed E-state index contributed by atoms with van der Waals surface area (Å²) in [6.07, 6.45) is 5.06. The van der Waals surface area contributed by atoms with Gasteiger partial charge in [-0.05, 0) is 315 Å². The van der Waals surface area contributed by atoms with E-state index in [2.05, 4.69) is 56.7 Å². The first-order chi connectivity index (χ1) is 68.0. The number of nitrogen functional groups attached to an aromatic ring is 2. The van der Waals surface area contributed by atoms with E-state index in [4.69, 9.17) is 72.8 Å². The smallest absolute Gasteiger partial charge is 0.473 e. The lowest BCUT2D eigenvalue weighted by molar-refractivity contribution is -0.384. The third-order valence-corrected chi connectivity index (χ3v) is 21.1. The number of rotatable bonds is 19. The number of hydrogen-bond acceptors (Lipinski definition) is 30. The van der Waals surface area contributed by atoms with Gasteiger partial charge in [0.1, 0.15) is 79.7 Å². The van der Waals surface area contributed by atoms with Crippen LogP contribution in [-0.2, 0) is 36.5 Å². The summed E-state index contributed by atoms with van der Waals surface area (Å²) in [6, 6.07) is 61.7. The number of carbonyl (C=O) groups excluding carboxylic acids is 7. The molecule has 2 aliphatic rings. The molecule has 2 saturated heterocycles. The molecule has 0 bridgehead atoms. The van der Waals surface area contributed by atoms with Gasteiger partial charge in [0.2, 0.25) is 0 Å². The Labute approximate surface area is 839 Å². The molecule has 0 atom stereocenters. The molecule has 39 heteroatoms.